The van der Waals surface area contributed by atoms with Crippen molar-refractivity contribution in [3.8, 4) is 0 Å². The van der Waals surface area contributed by atoms with Gasteiger partial charge in [-0.05, 0) is 17.5 Å². The van der Waals surface area contributed by atoms with E-state index in [1.165, 1.54) is 0 Å². The number of fused-ring (bicyclic) bond motifs is 1. The summed E-state index contributed by atoms with van der Waals surface area (Å²) in [5.74, 6) is -0.0603. The second-order valence-corrected chi connectivity index (χ2v) is 4.88. The summed E-state index contributed by atoms with van der Waals surface area (Å²) in [4.78, 5) is 13.5. The number of halogens is 1. The highest BCUT2D eigenvalue weighted by Crippen LogP contribution is 2.34. The van der Waals surface area contributed by atoms with Crippen LogP contribution in [0.15, 0.2) is 36.4 Å². The van der Waals surface area contributed by atoms with Crippen molar-refractivity contribution >= 4 is 34.0 Å². The number of benzene rings is 2. The first-order valence-electron chi connectivity index (χ1n) is 5.82. The largest absolute Gasteiger partial charge is 0.391 e. The van der Waals surface area contributed by atoms with E-state index in [0.717, 1.165) is 16.5 Å². The van der Waals surface area contributed by atoms with Crippen LogP contribution in [0.3, 0.4) is 0 Å². The fourth-order valence-electron chi connectivity index (χ4n) is 2.42. The maximum Gasteiger partial charge on any atom is 0.229 e. The molecule has 1 unspecified atom stereocenters. The summed E-state index contributed by atoms with van der Waals surface area (Å²) >= 11 is 6.22. The van der Waals surface area contributed by atoms with Crippen LogP contribution in [0, 0.1) is 0 Å². The summed E-state index contributed by atoms with van der Waals surface area (Å²) in [6.07, 6.45) is -0.406. The van der Waals surface area contributed by atoms with Gasteiger partial charge >= 0.3 is 0 Å². The lowest BCUT2D eigenvalue weighted by Gasteiger charge is -2.18. The number of anilines is 1. The minimum Gasteiger partial charge on any atom is -0.391 e. The average Bonchev–Trinajstić information content (AvgIpc) is 2.68. The van der Waals surface area contributed by atoms with Crippen LogP contribution < -0.4 is 4.90 Å². The van der Waals surface area contributed by atoms with E-state index in [2.05, 4.69) is 0 Å². The van der Waals surface area contributed by atoms with Crippen LogP contribution in [0.25, 0.3) is 10.8 Å². The molecule has 1 fully saturated rings. The van der Waals surface area contributed by atoms with Gasteiger partial charge in [0, 0.05) is 5.39 Å². The Hall–Kier alpha value is -1.58. The Morgan fingerprint density at radius 3 is 2.61 bits per heavy atom. The summed E-state index contributed by atoms with van der Waals surface area (Å²) in [5, 5.41) is 12.1. The lowest BCUT2D eigenvalue weighted by Crippen LogP contribution is -2.25. The van der Waals surface area contributed by atoms with Crippen LogP contribution in [-0.4, -0.2) is 23.7 Å². The molecule has 0 saturated carbocycles. The van der Waals surface area contributed by atoms with Crippen LogP contribution in [-0.2, 0) is 4.79 Å². The molecule has 92 valence electrons. The van der Waals surface area contributed by atoms with Crippen molar-refractivity contribution in [2.45, 2.75) is 12.5 Å². The highest BCUT2D eigenvalue weighted by molar-refractivity contribution is 6.37. The Morgan fingerprint density at radius 2 is 1.94 bits per heavy atom. The molecule has 0 radical (unpaired) electrons. The number of nitrogens with zero attached hydrogens (tertiary/aromatic N) is 1. The fraction of sp³-hybridized carbons (Fsp3) is 0.214. The topological polar surface area (TPSA) is 40.5 Å². The van der Waals surface area contributed by atoms with Crippen LogP contribution >= 0.6 is 11.6 Å². The highest BCUT2D eigenvalue weighted by atomic mass is 35.5. The van der Waals surface area contributed by atoms with E-state index in [9.17, 15) is 9.90 Å². The molecular weight excluding hydrogens is 250 g/mol. The van der Waals surface area contributed by atoms with Gasteiger partial charge in [0.2, 0.25) is 5.91 Å². The molecular formula is C14H12ClNO2. The quantitative estimate of drug-likeness (QED) is 0.857. The molecule has 0 bridgehead atoms. The molecule has 0 aliphatic carbocycles. The third-order valence-corrected chi connectivity index (χ3v) is 3.54. The van der Waals surface area contributed by atoms with Crippen molar-refractivity contribution in [3.63, 3.8) is 0 Å². The van der Waals surface area contributed by atoms with Crippen molar-refractivity contribution < 1.29 is 9.90 Å². The van der Waals surface area contributed by atoms with Gasteiger partial charge in [-0.25, -0.2) is 0 Å². The molecule has 1 saturated heterocycles. The maximum atomic E-state index is 11.9. The molecule has 4 heteroatoms. The third-order valence-electron chi connectivity index (χ3n) is 3.23. The number of carbonyl (C=O) groups is 1. The van der Waals surface area contributed by atoms with Gasteiger partial charge in [-0.15, -0.1) is 0 Å². The molecule has 0 aromatic heterocycles. The molecule has 1 N–H and O–H groups in total. The van der Waals surface area contributed by atoms with E-state index < -0.39 is 6.10 Å². The van der Waals surface area contributed by atoms with Crippen LogP contribution in [0.5, 0.6) is 0 Å². The third kappa shape index (κ3) is 1.76. The van der Waals surface area contributed by atoms with Crippen LogP contribution in [0.2, 0.25) is 5.02 Å². The zero-order chi connectivity index (χ0) is 12.7. The predicted octanol–water partition coefficient (Wildman–Crippen LogP) is 2.59. The van der Waals surface area contributed by atoms with Crippen LogP contribution in [0.1, 0.15) is 6.42 Å². The molecule has 1 amide bonds. The number of aliphatic hydroxyl groups excluding tert-OH is 1. The summed E-state index contributed by atoms with van der Waals surface area (Å²) in [5.41, 5.74) is 0.777. The molecule has 2 aromatic carbocycles. The van der Waals surface area contributed by atoms with E-state index in [4.69, 9.17) is 11.6 Å². The second kappa shape index (κ2) is 4.26. The Balaban J connectivity index is 2.20. The van der Waals surface area contributed by atoms with E-state index in [1.54, 1.807) is 4.90 Å². The van der Waals surface area contributed by atoms with Crippen molar-refractivity contribution in [3.05, 3.63) is 41.4 Å². The standard InChI is InChI=1S/C14H12ClNO2/c15-11-5-1-3-9-4-2-6-12(14(9)11)16-8-10(17)7-13(16)18/h1-6,10,17H,7-8H2. The maximum absolute atomic E-state index is 11.9. The number of rotatable bonds is 1. The fourth-order valence-corrected chi connectivity index (χ4v) is 2.70. The van der Waals surface area contributed by atoms with Crippen molar-refractivity contribution in [2.24, 2.45) is 0 Å². The Bertz CT molecular complexity index is 621. The Morgan fingerprint density at radius 1 is 1.22 bits per heavy atom. The summed E-state index contributed by atoms with van der Waals surface area (Å²) in [6, 6.07) is 11.4. The molecule has 2 aromatic rings. The molecule has 1 atom stereocenters. The van der Waals surface area contributed by atoms with E-state index in [-0.39, 0.29) is 12.3 Å². The number of carbonyl (C=O) groups excluding carboxylic acids is 1. The Kier molecular flexibility index (Phi) is 2.73. The molecule has 3 nitrogen and oxygen atoms in total. The minimum atomic E-state index is -0.588. The van der Waals surface area contributed by atoms with Gasteiger partial charge in [-0.3, -0.25) is 4.79 Å². The number of aliphatic hydroxyl groups is 1. The highest BCUT2D eigenvalue weighted by Gasteiger charge is 2.30. The second-order valence-electron chi connectivity index (χ2n) is 4.48. The molecule has 3 rings (SSSR count). The lowest BCUT2D eigenvalue weighted by molar-refractivity contribution is -0.117. The molecule has 1 heterocycles. The van der Waals surface area contributed by atoms with Crippen LogP contribution in [0.4, 0.5) is 5.69 Å². The van der Waals surface area contributed by atoms with E-state index in [0.29, 0.717) is 11.6 Å². The lowest BCUT2D eigenvalue weighted by atomic mass is 10.1. The van der Waals surface area contributed by atoms with Gasteiger partial charge in [-0.1, -0.05) is 35.9 Å². The van der Waals surface area contributed by atoms with Gasteiger partial charge in [-0.2, -0.15) is 0 Å². The molecule has 0 spiro atoms. The first-order valence-corrected chi connectivity index (χ1v) is 6.20. The number of hydrogen-bond donors (Lipinski definition) is 1. The zero-order valence-corrected chi connectivity index (χ0v) is 10.4. The molecule has 1 aliphatic rings. The van der Waals surface area contributed by atoms with Gasteiger partial charge in [0.05, 0.1) is 29.8 Å². The number of amides is 1. The van der Waals surface area contributed by atoms with Crippen molar-refractivity contribution in [2.75, 3.05) is 11.4 Å². The Labute approximate surface area is 110 Å². The number of hydrogen-bond acceptors (Lipinski definition) is 2. The smallest absolute Gasteiger partial charge is 0.229 e. The summed E-state index contributed by atoms with van der Waals surface area (Å²) < 4.78 is 0. The number of β-amino-alcohol motifs (C(OH)–C–C–N with tert-alkyl or cyclic N) is 1. The van der Waals surface area contributed by atoms with E-state index >= 15 is 0 Å². The predicted molar refractivity (Wildman–Crippen MR) is 71.9 cm³/mol. The molecule has 18 heavy (non-hydrogen) atoms. The van der Waals surface area contributed by atoms with Gasteiger partial charge in [0.25, 0.3) is 0 Å². The summed E-state index contributed by atoms with van der Waals surface area (Å²) in [7, 11) is 0. The minimum absolute atomic E-state index is 0.0603. The van der Waals surface area contributed by atoms with Gasteiger partial charge < -0.3 is 10.0 Å². The average molecular weight is 262 g/mol. The van der Waals surface area contributed by atoms with Gasteiger partial charge in [0.15, 0.2) is 0 Å². The van der Waals surface area contributed by atoms with Crippen molar-refractivity contribution in [1.29, 1.82) is 0 Å². The molecule has 1 aliphatic heterocycles. The van der Waals surface area contributed by atoms with E-state index in [1.807, 2.05) is 36.4 Å². The monoisotopic (exact) mass is 261 g/mol. The SMILES string of the molecule is O=C1CC(O)CN1c1cccc2cccc(Cl)c12. The zero-order valence-electron chi connectivity index (χ0n) is 9.64. The van der Waals surface area contributed by atoms with Crippen molar-refractivity contribution in [1.82, 2.24) is 0 Å². The first kappa shape index (κ1) is 11.5. The van der Waals surface area contributed by atoms with Gasteiger partial charge in [0.1, 0.15) is 0 Å². The summed E-state index contributed by atoms with van der Waals surface area (Å²) in [6.45, 7) is 0.336. The first-order chi connectivity index (χ1) is 8.66. The normalized spacial score (nSPS) is 19.8.